The zero-order valence-electron chi connectivity index (χ0n) is 14.7. The molecule has 0 radical (unpaired) electrons. The Morgan fingerprint density at radius 2 is 2.04 bits per heavy atom. The van der Waals surface area contributed by atoms with Crippen LogP contribution in [0.5, 0.6) is 0 Å². The monoisotopic (exact) mass is 343 g/mol. The number of hydrogen-bond donors (Lipinski definition) is 0. The molecule has 1 atom stereocenters. The first-order valence-corrected chi connectivity index (χ1v) is 9.39. The number of thiazole rings is 1. The number of amides is 1. The van der Waals surface area contributed by atoms with Crippen LogP contribution >= 0.6 is 11.3 Å². The van der Waals surface area contributed by atoms with Crippen LogP contribution in [0.25, 0.3) is 0 Å². The molecule has 1 aromatic carbocycles. The van der Waals surface area contributed by atoms with Crippen LogP contribution in [-0.2, 0) is 6.54 Å². The van der Waals surface area contributed by atoms with Gasteiger partial charge in [0.2, 0.25) is 0 Å². The van der Waals surface area contributed by atoms with Crippen molar-refractivity contribution in [1.82, 2.24) is 14.8 Å². The summed E-state index contributed by atoms with van der Waals surface area (Å²) in [6, 6.07) is 8.89. The van der Waals surface area contributed by atoms with Crippen molar-refractivity contribution in [3.05, 3.63) is 51.5 Å². The highest BCUT2D eigenvalue weighted by Crippen LogP contribution is 2.32. The van der Waals surface area contributed by atoms with Crippen LogP contribution in [0.1, 0.15) is 51.9 Å². The number of carbonyl (C=O) groups excluding carboxylic acids is 1. The third-order valence-electron chi connectivity index (χ3n) is 4.47. The molecule has 3 rings (SSSR count). The van der Waals surface area contributed by atoms with E-state index in [9.17, 15) is 4.79 Å². The lowest BCUT2D eigenvalue weighted by molar-refractivity contribution is 0.0606. The summed E-state index contributed by atoms with van der Waals surface area (Å²) in [5, 5.41) is 2.82. The molecule has 1 aliphatic heterocycles. The summed E-state index contributed by atoms with van der Waals surface area (Å²) >= 11 is 1.54. The van der Waals surface area contributed by atoms with Crippen LogP contribution in [0, 0.1) is 6.92 Å². The predicted molar refractivity (Wildman–Crippen MR) is 98.3 cm³/mol. The number of likely N-dealkylation sites (tertiary alicyclic amines) is 1. The van der Waals surface area contributed by atoms with Gasteiger partial charge in [-0.15, -0.1) is 11.3 Å². The molecule has 128 valence electrons. The molecule has 2 aromatic rings. The number of aromatic nitrogens is 1. The van der Waals surface area contributed by atoms with E-state index in [4.69, 9.17) is 0 Å². The number of aryl methyl sites for hydroxylation is 1. The third-order valence-corrected chi connectivity index (χ3v) is 5.24. The summed E-state index contributed by atoms with van der Waals surface area (Å²) in [7, 11) is 4.15. The molecular weight excluding hydrogens is 318 g/mol. The van der Waals surface area contributed by atoms with Gasteiger partial charge in [-0.05, 0) is 51.4 Å². The Balaban J connectivity index is 1.80. The molecule has 1 fully saturated rings. The van der Waals surface area contributed by atoms with Crippen molar-refractivity contribution < 1.29 is 4.79 Å². The summed E-state index contributed by atoms with van der Waals surface area (Å²) in [6.45, 7) is 3.70. The van der Waals surface area contributed by atoms with Gasteiger partial charge in [0.1, 0.15) is 5.69 Å². The van der Waals surface area contributed by atoms with Crippen LogP contribution in [0.3, 0.4) is 0 Å². The van der Waals surface area contributed by atoms with Gasteiger partial charge in [0.15, 0.2) is 0 Å². The summed E-state index contributed by atoms with van der Waals surface area (Å²) in [4.78, 5) is 21.4. The second-order valence-corrected chi connectivity index (χ2v) is 7.80. The second kappa shape index (κ2) is 7.45. The third kappa shape index (κ3) is 3.84. The van der Waals surface area contributed by atoms with Crippen molar-refractivity contribution in [3.8, 4) is 0 Å². The van der Waals surface area contributed by atoms with Crippen LogP contribution in [0.15, 0.2) is 29.6 Å². The minimum absolute atomic E-state index is 0.0708. The maximum atomic E-state index is 12.9. The van der Waals surface area contributed by atoms with Crippen molar-refractivity contribution in [3.63, 3.8) is 0 Å². The van der Waals surface area contributed by atoms with E-state index in [1.54, 1.807) is 0 Å². The Hall–Kier alpha value is -1.72. The maximum absolute atomic E-state index is 12.9. The van der Waals surface area contributed by atoms with E-state index >= 15 is 0 Å². The number of rotatable bonds is 4. The van der Waals surface area contributed by atoms with Gasteiger partial charge in [-0.1, -0.05) is 24.3 Å². The first-order chi connectivity index (χ1) is 11.5. The first-order valence-electron chi connectivity index (χ1n) is 8.51. The molecule has 1 unspecified atom stereocenters. The Labute approximate surface area is 148 Å². The molecule has 0 saturated carbocycles. The fourth-order valence-corrected chi connectivity index (χ4v) is 3.93. The molecule has 0 N–H and O–H groups in total. The van der Waals surface area contributed by atoms with Crippen molar-refractivity contribution in [2.24, 2.45) is 0 Å². The molecule has 4 nitrogen and oxygen atoms in total. The Morgan fingerprint density at radius 3 is 2.67 bits per heavy atom. The second-order valence-electron chi connectivity index (χ2n) is 6.74. The van der Waals surface area contributed by atoms with E-state index in [0.29, 0.717) is 5.69 Å². The number of piperidine rings is 1. The molecule has 24 heavy (non-hydrogen) atoms. The molecule has 1 amide bonds. The highest BCUT2D eigenvalue weighted by Gasteiger charge is 2.29. The molecule has 0 aliphatic carbocycles. The Morgan fingerprint density at radius 1 is 1.29 bits per heavy atom. The lowest BCUT2D eigenvalue weighted by Gasteiger charge is -2.35. The van der Waals surface area contributed by atoms with E-state index in [1.165, 1.54) is 28.9 Å². The molecule has 5 heteroatoms. The zero-order chi connectivity index (χ0) is 17.1. The number of carbonyl (C=O) groups is 1. The van der Waals surface area contributed by atoms with E-state index < -0.39 is 0 Å². The molecule has 0 spiro atoms. The van der Waals surface area contributed by atoms with Gasteiger partial charge in [0.25, 0.3) is 5.91 Å². The quantitative estimate of drug-likeness (QED) is 0.845. The minimum Gasteiger partial charge on any atom is -0.330 e. The van der Waals surface area contributed by atoms with Gasteiger partial charge in [0, 0.05) is 18.5 Å². The predicted octanol–water partition coefficient (Wildman–Crippen LogP) is 3.88. The van der Waals surface area contributed by atoms with Crippen LogP contribution < -0.4 is 0 Å². The smallest absolute Gasteiger partial charge is 0.273 e. The standard InChI is InChI=1S/C19H25N3OS/c1-14-20-17(13-24-14)19(23)22-11-5-4-6-18(22)16-9-7-15(8-10-16)12-21(2)3/h7-10,13,18H,4-6,11-12H2,1-3H3. The molecule has 1 saturated heterocycles. The molecular formula is C19H25N3OS. The average Bonchev–Trinajstić information content (AvgIpc) is 3.01. The maximum Gasteiger partial charge on any atom is 0.273 e. The van der Waals surface area contributed by atoms with E-state index in [-0.39, 0.29) is 11.9 Å². The van der Waals surface area contributed by atoms with E-state index in [1.807, 2.05) is 17.2 Å². The largest absolute Gasteiger partial charge is 0.330 e. The van der Waals surface area contributed by atoms with Gasteiger partial charge < -0.3 is 9.80 Å². The zero-order valence-corrected chi connectivity index (χ0v) is 15.5. The first kappa shape index (κ1) is 17.1. The normalized spacial score (nSPS) is 18.2. The topological polar surface area (TPSA) is 36.4 Å². The minimum atomic E-state index is 0.0708. The van der Waals surface area contributed by atoms with Crippen molar-refractivity contribution in [1.29, 1.82) is 0 Å². The molecule has 0 bridgehead atoms. The van der Waals surface area contributed by atoms with Gasteiger partial charge in [-0.3, -0.25) is 4.79 Å². The number of hydrogen-bond acceptors (Lipinski definition) is 4. The highest BCUT2D eigenvalue weighted by atomic mass is 32.1. The number of nitrogens with zero attached hydrogens (tertiary/aromatic N) is 3. The van der Waals surface area contributed by atoms with Crippen LogP contribution in [0.2, 0.25) is 0 Å². The summed E-state index contributed by atoms with van der Waals surface area (Å²) < 4.78 is 0. The van der Waals surface area contributed by atoms with Crippen LogP contribution in [-0.4, -0.2) is 41.3 Å². The lowest BCUT2D eigenvalue weighted by atomic mass is 9.94. The Bertz CT molecular complexity index is 693. The lowest BCUT2D eigenvalue weighted by Crippen LogP contribution is -2.38. The Kier molecular flexibility index (Phi) is 5.31. The van der Waals surface area contributed by atoms with Gasteiger partial charge in [-0.2, -0.15) is 0 Å². The summed E-state index contributed by atoms with van der Waals surface area (Å²) in [6.07, 6.45) is 3.27. The van der Waals surface area contributed by atoms with Crippen molar-refractivity contribution in [2.45, 2.75) is 38.8 Å². The fraction of sp³-hybridized carbons (Fsp3) is 0.474. The molecule has 2 heterocycles. The van der Waals surface area contributed by atoms with Gasteiger partial charge in [-0.25, -0.2) is 4.98 Å². The average molecular weight is 343 g/mol. The number of benzene rings is 1. The van der Waals surface area contributed by atoms with Gasteiger partial charge in [0.05, 0.1) is 11.0 Å². The van der Waals surface area contributed by atoms with Crippen molar-refractivity contribution in [2.75, 3.05) is 20.6 Å². The summed E-state index contributed by atoms with van der Waals surface area (Å²) in [5.41, 5.74) is 3.12. The fourth-order valence-electron chi connectivity index (χ4n) is 3.34. The van der Waals surface area contributed by atoms with Gasteiger partial charge >= 0.3 is 0 Å². The summed E-state index contributed by atoms with van der Waals surface area (Å²) in [5.74, 6) is 0.0708. The van der Waals surface area contributed by atoms with E-state index in [2.05, 4.69) is 48.2 Å². The van der Waals surface area contributed by atoms with Crippen molar-refractivity contribution >= 4 is 17.2 Å². The highest BCUT2D eigenvalue weighted by molar-refractivity contribution is 7.09. The molecule has 1 aliphatic rings. The van der Waals surface area contributed by atoms with E-state index in [0.717, 1.165) is 30.9 Å². The van der Waals surface area contributed by atoms with Crippen LogP contribution in [0.4, 0.5) is 0 Å². The molecule has 1 aromatic heterocycles. The SMILES string of the molecule is Cc1nc(C(=O)N2CCCCC2c2ccc(CN(C)C)cc2)cs1.